The average Bonchev–Trinajstić information content (AvgIpc) is 2.74. The zero-order valence-corrected chi connectivity index (χ0v) is 20.5. The van der Waals surface area contributed by atoms with Crippen molar-refractivity contribution in [3.8, 4) is 0 Å². The number of carbonyl (C=O) groups excluding carboxylic acids is 1. The molecule has 2 N–H and O–H groups in total. The Morgan fingerprint density at radius 2 is 1.81 bits per heavy atom. The molecule has 0 amide bonds. The number of benzene rings is 1. The van der Waals surface area contributed by atoms with E-state index in [1.165, 1.54) is 12.8 Å². The van der Waals surface area contributed by atoms with Crippen molar-refractivity contribution < 1.29 is 9.53 Å². The van der Waals surface area contributed by atoms with Crippen LogP contribution in [0.2, 0.25) is 0 Å². The molecular weight excluding hydrogens is 400 g/mol. The number of nitrogens with one attached hydrogen (secondary N) is 2. The van der Waals surface area contributed by atoms with E-state index in [9.17, 15) is 4.79 Å². The molecule has 6 atom stereocenters. The number of fused-ring (bicyclic) bond motifs is 2. The van der Waals surface area contributed by atoms with E-state index in [4.69, 9.17) is 9.73 Å². The van der Waals surface area contributed by atoms with Crippen LogP contribution >= 0.6 is 0 Å². The Hall–Kier alpha value is -2.08. The first kappa shape index (κ1) is 23.1. The molecule has 176 valence electrons. The molecule has 32 heavy (non-hydrogen) atoms. The number of piperazine rings is 1. The van der Waals surface area contributed by atoms with Gasteiger partial charge in [-0.2, -0.15) is 0 Å². The first-order chi connectivity index (χ1) is 15.2. The Bertz CT molecular complexity index is 840. The summed E-state index contributed by atoms with van der Waals surface area (Å²) >= 11 is 0. The van der Waals surface area contributed by atoms with Crippen LogP contribution in [0, 0.1) is 23.2 Å². The minimum Gasteiger partial charge on any atom is -0.462 e. The van der Waals surface area contributed by atoms with Crippen molar-refractivity contribution in [2.75, 3.05) is 25.0 Å². The van der Waals surface area contributed by atoms with Crippen molar-refractivity contribution in [2.45, 2.75) is 72.5 Å². The number of hydrogen-bond donors (Lipinski definition) is 2. The smallest absolute Gasteiger partial charge is 0.338 e. The minimum atomic E-state index is -0.282. The van der Waals surface area contributed by atoms with Crippen LogP contribution in [-0.2, 0) is 4.74 Å². The molecule has 4 fully saturated rings. The van der Waals surface area contributed by atoms with Crippen molar-refractivity contribution in [1.82, 2.24) is 10.2 Å². The summed E-state index contributed by atoms with van der Waals surface area (Å²) in [5, 5.41) is 7.22. The highest BCUT2D eigenvalue weighted by molar-refractivity contribution is 5.95. The molecule has 1 heterocycles. The van der Waals surface area contributed by atoms with Gasteiger partial charge in [-0.05, 0) is 81.0 Å². The molecule has 5 rings (SSSR count). The predicted molar refractivity (Wildman–Crippen MR) is 130 cm³/mol. The van der Waals surface area contributed by atoms with Crippen molar-refractivity contribution >= 4 is 17.6 Å². The van der Waals surface area contributed by atoms with Crippen LogP contribution in [0.4, 0.5) is 5.69 Å². The van der Waals surface area contributed by atoms with E-state index in [-0.39, 0.29) is 5.97 Å². The number of nitrogens with zero attached hydrogens (tertiary/aromatic N) is 2. The van der Waals surface area contributed by atoms with Gasteiger partial charge in [0.15, 0.2) is 5.96 Å². The summed E-state index contributed by atoms with van der Waals surface area (Å²) in [6.07, 6.45) is 2.54. The predicted octanol–water partition coefficient (Wildman–Crippen LogP) is 4.38. The van der Waals surface area contributed by atoms with E-state index in [0.717, 1.165) is 36.6 Å². The fraction of sp³-hybridized carbons (Fsp3) is 0.692. The van der Waals surface area contributed by atoms with E-state index in [2.05, 4.69) is 50.2 Å². The summed E-state index contributed by atoms with van der Waals surface area (Å²) in [6.45, 7) is 15.8. The lowest BCUT2D eigenvalue weighted by Gasteiger charge is -2.61. The molecule has 0 radical (unpaired) electrons. The lowest BCUT2D eigenvalue weighted by molar-refractivity contribution is -0.108. The largest absolute Gasteiger partial charge is 0.462 e. The highest BCUT2D eigenvalue weighted by atomic mass is 16.5. The Morgan fingerprint density at radius 3 is 2.38 bits per heavy atom. The van der Waals surface area contributed by atoms with Gasteiger partial charge in [-0.1, -0.05) is 20.8 Å². The molecule has 0 spiro atoms. The second-order valence-electron chi connectivity index (χ2n) is 10.8. The van der Waals surface area contributed by atoms with Gasteiger partial charge >= 0.3 is 5.97 Å². The van der Waals surface area contributed by atoms with Crippen molar-refractivity contribution in [3.63, 3.8) is 0 Å². The maximum atomic E-state index is 12.0. The highest BCUT2D eigenvalue weighted by Gasteiger charge is 2.56. The second-order valence-corrected chi connectivity index (χ2v) is 10.8. The normalized spacial score (nSPS) is 33.9. The number of guanidine groups is 1. The number of ether oxygens (including phenoxy) is 1. The molecule has 2 bridgehead atoms. The van der Waals surface area contributed by atoms with Gasteiger partial charge in [0.25, 0.3) is 0 Å². The molecule has 0 unspecified atom stereocenters. The van der Waals surface area contributed by atoms with Crippen LogP contribution in [0.25, 0.3) is 0 Å². The molecular formula is C26H40N4O2. The summed E-state index contributed by atoms with van der Waals surface area (Å²) in [5.74, 6) is 2.82. The topological polar surface area (TPSA) is 66.0 Å². The Morgan fingerprint density at radius 1 is 1.16 bits per heavy atom. The van der Waals surface area contributed by atoms with Crippen LogP contribution in [-0.4, -0.2) is 54.7 Å². The maximum absolute atomic E-state index is 12.0. The van der Waals surface area contributed by atoms with Gasteiger partial charge in [-0.3, -0.25) is 0 Å². The van der Waals surface area contributed by atoms with Crippen LogP contribution in [0.3, 0.4) is 0 Å². The quantitative estimate of drug-likeness (QED) is 0.413. The molecule has 4 aliphatic rings. The maximum Gasteiger partial charge on any atom is 0.338 e. The zero-order chi connectivity index (χ0) is 23.0. The van der Waals surface area contributed by atoms with Gasteiger partial charge in [0.1, 0.15) is 0 Å². The van der Waals surface area contributed by atoms with Crippen molar-refractivity contribution in [3.05, 3.63) is 29.8 Å². The molecule has 6 nitrogen and oxygen atoms in total. The number of aliphatic imine (C=N–C) groups is 1. The number of esters is 1. The molecule has 6 heteroatoms. The third-order valence-electron chi connectivity index (χ3n) is 8.11. The van der Waals surface area contributed by atoms with E-state index < -0.39 is 0 Å². The van der Waals surface area contributed by atoms with Gasteiger partial charge in [0.2, 0.25) is 0 Å². The van der Waals surface area contributed by atoms with Gasteiger partial charge in [0.05, 0.1) is 18.2 Å². The number of rotatable bonds is 4. The fourth-order valence-corrected chi connectivity index (χ4v) is 6.18. The summed E-state index contributed by atoms with van der Waals surface area (Å²) in [4.78, 5) is 19.7. The van der Waals surface area contributed by atoms with E-state index >= 15 is 0 Å². The summed E-state index contributed by atoms with van der Waals surface area (Å²) in [5.41, 5.74) is 1.98. The fourth-order valence-electron chi connectivity index (χ4n) is 6.18. The van der Waals surface area contributed by atoms with Crippen molar-refractivity contribution in [1.29, 1.82) is 0 Å². The van der Waals surface area contributed by atoms with E-state index in [0.29, 0.717) is 41.6 Å². The third kappa shape index (κ3) is 4.52. The first-order valence-electron chi connectivity index (χ1n) is 12.3. The monoisotopic (exact) mass is 440 g/mol. The van der Waals surface area contributed by atoms with Gasteiger partial charge in [0, 0.05) is 30.9 Å². The Kier molecular flexibility index (Phi) is 6.53. The molecule has 1 aromatic rings. The number of hydrogen-bond acceptors (Lipinski definition) is 4. The molecule has 1 aliphatic heterocycles. The van der Waals surface area contributed by atoms with E-state index in [1.54, 1.807) is 0 Å². The van der Waals surface area contributed by atoms with Crippen LogP contribution in [0.5, 0.6) is 0 Å². The standard InChI is InChI=1S/C26H40N4O2/c1-7-32-24(31)19-8-10-21(11-9-19)28-25(30-14-16(2)27-17(3)15-30)29-23-13-20-12-22(18(23)4)26(20,5)6/h8-11,16-18,20,22-23,27H,7,12-15H2,1-6H3,(H,28,29)/t16-,17+,18-,20-,22+,23-/m0/s1. The highest BCUT2D eigenvalue weighted by Crippen LogP contribution is 2.61. The SMILES string of the molecule is CCOC(=O)c1ccc(NC(=N[C@H]2C[C@@H]3C[C@H]([C@@H]2C)C3(C)C)N2C[C@@H](C)N[C@@H](C)C2)cc1. The third-order valence-corrected chi connectivity index (χ3v) is 8.11. The minimum absolute atomic E-state index is 0.282. The molecule has 1 saturated heterocycles. The zero-order valence-electron chi connectivity index (χ0n) is 20.5. The van der Waals surface area contributed by atoms with Crippen LogP contribution in [0.1, 0.15) is 64.7 Å². The Balaban J connectivity index is 1.56. The summed E-state index contributed by atoms with van der Waals surface area (Å²) < 4.78 is 5.11. The van der Waals surface area contributed by atoms with Crippen LogP contribution < -0.4 is 10.6 Å². The summed E-state index contributed by atoms with van der Waals surface area (Å²) in [7, 11) is 0. The molecule has 1 aromatic carbocycles. The van der Waals surface area contributed by atoms with Crippen LogP contribution in [0.15, 0.2) is 29.3 Å². The van der Waals surface area contributed by atoms with Crippen molar-refractivity contribution in [2.24, 2.45) is 28.2 Å². The van der Waals surface area contributed by atoms with Gasteiger partial charge in [-0.25, -0.2) is 9.79 Å². The lowest BCUT2D eigenvalue weighted by atomic mass is 9.45. The molecule has 3 saturated carbocycles. The molecule has 0 aromatic heterocycles. The Labute approximate surface area is 193 Å². The molecule has 3 aliphatic carbocycles. The second kappa shape index (κ2) is 9.05. The number of carbonyl (C=O) groups is 1. The first-order valence-corrected chi connectivity index (χ1v) is 12.3. The lowest BCUT2D eigenvalue weighted by Crippen LogP contribution is -2.59. The number of anilines is 1. The van der Waals surface area contributed by atoms with Gasteiger partial charge < -0.3 is 20.3 Å². The average molecular weight is 441 g/mol. The van der Waals surface area contributed by atoms with E-state index in [1.807, 2.05) is 31.2 Å². The van der Waals surface area contributed by atoms with Gasteiger partial charge in [-0.15, -0.1) is 0 Å². The summed E-state index contributed by atoms with van der Waals surface area (Å²) in [6, 6.07) is 8.71.